The molecule has 3 N–H and O–H groups in total. The fourth-order valence-electron chi connectivity index (χ4n) is 2.91. The first-order valence-corrected chi connectivity index (χ1v) is 9.32. The van der Waals surface area contributed by atoms with Crippen molar-refractivity contribution in [1.82, 2.24) is 16.0 Å². The molecule has 1 aromatic carbocycles. The molecule has 1 unspecified atom stereocenters. The van der Waals surface area contributed by atoms with E-state index in [4.69, 9.17) is 16.3 Å². The molecule has 7 heteroatoms. The van der Waals surface area contributed by atoms with E-state index in [2.05, 4.69) is 16.0 Å². The second kappa shape index (κ2) is 8.73. The van der Waals surface area contributed by atoms with E-state index in [0.717, 1.165) is 30.5 Å². The summed E-state index contributed by atoms with van der Waals surface area (Å²) in [5.41, 5.74) is 1.20. The van der Waals surface area contributed by atoms with Crippen molar-refractivity contribution in [2.24, 2.45) is 0 Å². The van der Waals surface area contributed by atoms with E-state index in [1.807, 2.05) is 39.8 Å². The maximum Gasteiger partial charge on any atom is 0.407 e. The molecule has 1 aliphatic heterocycles. The summed E-state index contributed by atoms with van der Waals surface area (Å²) in [6.45, 7) is 8.52. The van der Waals surface area contributed by atoms with Crippen LogP contribution < -0.4 is 16.0 Å². The van der Waals surface area contributed by atoms with Gasteiger partial charge in [0, 0.05) is 11.6 Å². The summed E-state index contributed by atoms with van der Waals surface area (Å²) < 4.78 is 5.26. The van der Waals surface area contributed by atoms with Gasteiger partial charge in [-0.3, -0.25) is 4.79 Å². The highest BCUT2D eigenvalue weighted by Crippen LogP contribution is 2.23. The zero-order valence-electron chi connectivity index (χ0n) is 15.8. The van der Waals surface area contributed by atoms with E-state index in [9.17, 15) is 9.59 Å². The van der Waals surface area contributed by atoms with Gasteiger partial charge in [0.25, 0.3) is 0 Å². The van der Waals surface area contributed by atoms with Gasteiger partial charge >= 0.3 is 6.09 Å². The molecule has 0 spiro atoms. The van der Waals surface area contributed by atoms with Crippen LogP contribution in [0, 0.1) is 0 Å². The number of carbonyl (C=O) groups is 2. The minimum Gasteiger partial charge on any atom is -0.444 e. The molecule has 6 nitrogen and oxygen atoms in total. The second-order valence-corrected chi connectivity index (χ2v) is 8.01. The smallest absolute Gasteiger partial charge is 0.407 e. The highest BCUT2D eigenvalue weighted by molar-refractivity contribution is 6.30. The van der Waals surface area contributed by atoms with Crippen molar-refractivity contribution in [3.8, 4) is 0 Å². The van der Waals surface area contributed by atoms with Gasteiger partial charge in [0.1, 0.15) is 5.60 Å². The lowest BCUT2D eigenvalue weighted by molar-refractivity contribution is -0.123. The number of nitrogens with one attached hydrogen (secondary N) is 3. The number of carbonyl (C=O) groups excluding carboxylic acids is 2. The van der Waals surface area contributed by atoms with Gasteiger partial charge in [0.2, 0.25) is 5.91 Å². The number of rotatable bonds is 5. The van der Waals surface area contributed by atoms with Crippen LogP contribution in [-0.2, 0) is 16.1 Å². The van der Waals surface area contributed by atoms with Crippen molar-refractivity contribution in [3.05, 3.63) is 34.3 Å². The Morgan fingerprint density at radius 2 is 2.12 bits per heavy atom. The third kappa shape index (κ3) is 6.18. The molecule has 2 atom stereocenters. The molecule has 1 heterocycles. The first-order chi connectivity index (χ1) is 12.2. The van der Waals surface area contributed by atoms with Crippen LogP contribution in [0.4, 0.5) is 4.79 Å². The summed E-state index contributed by atoms with van der Waals surface area (Å²) in [5, 5.41) is 9.55. The van der Waals surface area contributed by atoms with Crippen LogP contribution in [0.2, 0.25) is 5.02 Å². The van der Waals surface area contributed by atoms with E-state index < -0.39 is 11.7 Å². The molecule has 1 fully saturated rings. The Morgan fingerprint density at radius 3 is 2.73 bits per heavy atom. The highest BCUT2D eigenvalue weighted by atomic mass is 35.5. The Hall–Kier alpha value is -1.79. The predicted octanol–water partition coefficient (Wildman–Crippen LogP) is 3.29. The number of alkyl carbamates (subject to hydrolysis) is 1. The molecule has 0 aliphatic carbocycles. The van der Waals surface area contributed by atoms with Crippen molar-refractivity contribution in [2.75, 3.05) is 6.54 Å². The van der Waals surface area contributed by atoms with Crippen LogP contribution >= 0.6 is 11.6 Å². The van der Waals surface area contributed by atoms with Crippen molar-refractivity contribution in [1.29, 1.82) is 0 Å². The van der Waals surface area contributed by atoms with Crippen molar-refractivity contribution in [3.63, 3.8) is 0 Å². The molecule has 1 aliphatic rings. The van der Waals surface area contributed by atoms with Crippen LogP contribution in [0.3, 0.4) is 0 Å². The maximum atomic E-state index is 12.4. The van der Waals surface area contributed by atoms with Crippen LogP contribution in [-0.4, -0.2) is 30.2 Å². The fourth-order valence-corrected chi connectivity index (χ4v) is 3.09. The summed E-state index contributed by atoms with van der Waals surface area (Å²) in [7, 11) is 0. The zero-order valence-corrected chi connectivity index (χ0v) is 16.6. The van der Waals surface area contributed by atoms with Crippen LogP contribution in [0.15, 0.2) is 18.2 Å². The largest absolute Gasteiger partial charge is 0.444 e. The number of benzene rings is 1. The molecular formula is C19H28ClN3O3. The van der Waals surface area contributed by atoms with Gasteiger partial charge in [-0.25, -0.2) is 4.79 Å². The normalized spacial score (nSPS) is 18.3. The van der Waals surface area contributed by atoms with Gasteiger partial charge in [-0.05, 0) is 70.3 Å². The summed E-state index contributed by atoms with van der Waals surface area (Å²) in [4.78, 5) is 24.2. The Balaban J connectivity index is 2.03. The molecule has 0 saturated carbocycles. The molecule has 2 rings (SSSR count). The monoisotopic (exact) mass is 381 g/mol. The minimum atomic E-state index is -0.553. The first kappa shape index (κ1) is 20.5. The van der Waals surface area contributed by atoms with E-state index in [1.165, 1.54) is 0 Å². The summed E-state index contributed by atoms with van der Waals surface area (Å²) in [6, 6.07) is 5.08. The van der Waals surface area contributed by atoms with Gasteiger partial charge in [-0.1, -0.05) is 17.7 Å². The lowest BCUT2D eigenvalue weighted by Crippen LogP contribution is -2.41. The summed E-state index contributed by atoms with van der Waals surface area (Å²) in [5.74, 6) is -0.0129. The Kier molecular flexibility index (Phi) is 6.89. The number of ether oxygens (including phenoxy) is 1. The van der Waals surface area contributed by atoms with Gasteiger partial charge in [-0.2, -0.15) is 0 Å². The van der Waals surface area contributed by atoms with Gasteiger partial charge in [0.05, 0.1) is 12.1 Å². The molecule has 1 saturated heterocycles. The Morgan fingerprint density at radius 1 is 1.38 bits per heavy atom. The SMILES string of the molecule is CC(NC(=O)[C@@H]1CCCN1)c1cc(Cl)ccc1CNC(=O)OC(C)(C)C. The van der Waals surface area contributed by atoms with Crippen molar-refractivity contribution >= 4 is 23.6 Å². The summed E-state index contributed by atoms with van der Waals surface area (Å²) in [6.07, 6.45) is 1.38. The molecule has 2 amide bonds. The van der Waals surface area contributed by atoms with E-state index in [1.54, 1.807) is 6.07 Å². The molecular weight excluding hydrogens is 354 g/mol. The second-order valence-electron chi connectivity index (χ2n) is 7.58. The number of amides is 2. The number of hydrogen-bond acceptors (Lipinski definition) is 4. The van der Waals surface area contributed by atoms with E-state index in [-0.39, 0.29) is 18.0 Å². The van der Waals surface area contributed by atoms with E-state index >= 15 is 0 Å². The predicted molar refractivity (Wildman–Crippen MR) is 102 cm³/mol. The van der Waals surface area contributed by atoms with Crippen molar-refractivity contribution in [2.45, 2.75) is 64.8 Å². The zero-order chi connectivity index (χ0) is 19.3. The number of hydrogen-bond donors (Lipinski definition) is 3. The highest BCUT2D eigenvalue weighted by Gasteiger charge is 2.24. The molecule has 0 radical (unpaired) electrons. The van der Waals surface area contributed by atoms with Crippen LogP contribution in [0.1, 0.15) is 57.7 Å². The van der Waals surface area contributed by atoms with E-state index in [0.29, 0.717) is 11.6 Å². The average Bonchev–Trinajstić information content (AvgIpc) is 3.06. The maximum absolute atomic E-state index is 12.4. The van der Waals surface area contributed by atoms with Crippen LogP contribution in [0.5, 0.6) is 0 Å². The molecule has 1 aromatic rings. The molecule has 144 valence electrons. The Bertz CT molecular complexity index is 652. The fraction of sp³-hybridized carbons (Fsp3) is 0.579. The molecule has 26 heavy (non-hydrogen) atoms. The molecule has 0 aromatic heterocycles. The van der Waals surface area contributed by atoms with Gasteiger partial charge in [-0.15, -0.1) is 0 Å². The Labute approximate surface area is 160 Å². The third-order valence-electron chi connectivity index (χ3n) is 4.13. The third-order valence-corrected chi connectivity index (χ3v) is 4.37. The topological polar surface area (TPSA) is 79.5 Å². The molecule has 0 bridgehead atoms. The van der Waals surface area contributed by atoms with Crippen LogP contribution in [0.25, 0.3) is 0 Å². The lowest BCUT2D eigenvalue weighted by Gasteiger charge is -2.22. The first-order valence-electron chi connectivity index (χ1n) is 8.94. The minimum absolute atomic E-state index is 0.0129. The quantitative estimate of drug-likeness (QED) is 0.731. The standard InChI is InChI=1S/C19H28ClN3O3/c1-12(23-17(24)16-6-5-9-21-16)15-10-14(20)8-7-13(15)11-22-18(25)26-19(2,3)4/h7-8,10,12,16,21H,5-6,9,11H2,1-4H3,(H,22,25)(H,23,24)/t12?,16-/m0/s1. The van der Waals surface area contributed by atoms with Gasteiger partial charge in [0.15, 0.2) is 0 Å². The lowest BCUT2D eigenvalue weighted by atomic mass is 10.0. The number of halogens is 1. The van der Waals surface area contributed by atoms with Gasteiger partial charge < -0.3 is 20.7 Å². The summed E-state index contributed by atoms with van der Waals surface area (Å²) >= 11 is 6.14. The van der Waals surface area contributed by atoms with Crippen molar-refractivity contribution < 1.29 is 14.3 Å². The average molecular weight is 382 g/mol.